The smallest absolute Gasteiger partial charge is 0.336 e. The van der Waals surface area contributed by atoms with Crippen LogP contribution in [-0.2, 0) is 16.1 Å². The summed E-state index contributed by atoms with van der Waals surface area (Å²) in [5.41, 5.74) is 4.09. The maximum Gasteiger partial charge on any atom is 0.336 e. The maximum absolute atomic E-state index is 13.4. The fraction of sp³-hybridized carbons (Fsp3) is 0.208. The molecule has 1 amide bonds. The summed E-state index contributed by atoms with van der Waals surface area (Å²) in [6.07, 6.45) is 1.62. The van der Waals surface area contributed by atoms with E-state index in [1.54, 1.807) is 55.5 Å². The number of halogens is 1. The van der Waals surface area contributed by atoms with Gasteiger partial charge in [-0.1, -0.05) is 18.2 Å². The lowest BCUT2D eigenvalue weighted by Crippen LogP contribution is -2.29. The Morgan fingerprint density at radius 2 is 1.97 bits per heavy atom. The van der Waals surface area contributed by atoms with Gasteiger partial charge in [0.15, 0.2) is 0 Å². The van der Waals surface area contributed by atoms with Gasteiger partial charge in [-0.05, 0) is 48.4 Å². The average molecular weight is 453 g/mol. The molecule has 2 aromatic carbocycles. The number of thioether (sulfide) groups is 1. The zero-order chi connectivity index (χ0) is 22.8. The van der Waals surface area contributed by atoms with Gasteiger partial charge in [-0.3, -0.25) is 14.7 Å². The summed E-state index contributed by atoms with van der Waals surface area (Å²) in [4.78, 5) is 30.8. The molecule has 1 saturated heterocycles. The molecule has 3 aromatic rings. The van der Waals surface area contributed by atoms with E-state index in [0.717, 1.165) is 11.3 Å². The van der Waals surface area contributed by atoms with E-state index >= 15 is 0 Å². The first-order chi connectivity index (χ1) is 15.4. The van der Waals surface area contributed by atoms with Gasteiger partial charge in [0.25, 0.3) is 0 Å². The number of methoxy groups -OCH3 is 1. The van der Waals surface area contributed by atoms with E-state index in [1.165, 1.54) is 30.0 Å². The molecule has 0 radical (unpaired) electrons. The first-order valence-corrected chi connectivity index (χ1v) is 11.0. The third kappa shape index (κ3) is 4.11. The quantitative estimate of drug-likeness (QED) is 0.578. The van der Waals surface area contributed by atoms with Crippen molar-refractivity contribution in [1.29, 1.82) is 0 Å². The molecule has 0 saturated carbocycles. The van der Waals surface area contributed by atoms with E-state index in [2.05, 4.69) is 4.98 Å². The van der Waals surface area contributed by atoms with Crippen LogP contribution in [0.2, 0.25) is 0 Å². The summed E-state index contributed by atoms with van der Waals surface area (Å²) in [5.74, 6) is -1.21. The van der Waals surface area contributed by atoms with Gasteiger partial charge in [-0.25, -0.2) is 9.18 Å². The second-order valence-electron chi connectivity index (χ2n) is 7.39. The average Bonchev–Trinajstić information content (AvgIpc) is 3.16. The molecular formula is C24H21FN2O4S. The second-order valence-corrected chi connectivity index (χ2v) is 8.46. The van der Waals surface area contributed by atoms with Crippen molar-refractivity contribution in [2.75, 3.05) is 17.8 Å². The Kier molecular flexibility index (Phi) is 6.25. The Morgan fingerprint density at radius 1 is 1.22 bits per heavy atom. The highest BCUT2D eigenvalue weighted by Gasteiger charge is 2.35. The van der Waals surface area contributed by atoms with Gasteiger partial charge in [-0.15, -0.1) is 11.8 Å². The van der Waals surface area contributed by atoms with Crippen molar-refractivity contribution in [1.82, 2.24) is 4.98 Å². The Morgan fingerprint density at radius 3 is 2.59 bits per heavy atom. The third-order valence-electron chi connectivity index (χ3n) is 5.36. The number of rotatable bonds is 6. The van der Waals surface area contributed by atoms with Gasteiger partial charge >= 0.3 is 5.97 Å². The van der Waals surface area contributed by atoms with E-state index < -0.39 is 5.97 Å². The number of carbonyl (C=O) groups excluding carboxylic acids is 1. The summed E-state index contributed by atoms with van der Waals surface area (Å²) in [7, 11) is 1.58. The number of ether oxygens (including phenoxy) is 1. The molecule has 1 N–H and O–H groups in total. The summed E-state index contributed by atoms with van der Waals surface area (Å²) >= 11 is 1.45. The number of nitrogens with zero attached hydrogens (tertiary/aromatic N) is 2. The Labute approximate surface area is 189 Å². The lowest BCUT2D eigenvalue weighted by Gasteiger charge is -2.27. The molecule has 1 unspecified atom stereocenters. The van der Waals surface area contributed by atoms with Gasteiger partial charge < -0.3 is 9.84 Å². The van der Waals surface area contributed by atoms with Gasteiger partial charge in [0.1, 0.15) is 11.2 Å². The minimum Gasteiger partial charge on any atom is -0.478 e. The largest absolute Gasteiger partial charge is 0.478 e. The SMILES string of the molecule is COCc1ccc(-c2c(C(=O)O)ccc(N3C(=O)CSC3c3ccc(F)cc3)c2C)cn1. The van der Waals surface area contributed by atoms with E-state index in [0.29, 0.717) is 29.0 Å². The van der Waals surface area contributed by atoms with Gasteiger partial charge in [0, 0.05) is 30.1 Å². The van der Waals surface area contributed by atoms with Crippen molar-refractivity contribution in [3.8, 4) is 11.1 Å². The summed E-state index contributed by atoms with van der Waals surface area (Å²) in [6.45, 7) is 2.15. The minimum absolute atomic E-state index is 0.0879. The highest BCUT2D eigenvalue weighted by atomic mass is 32.2. The molecule has 0 aliphatic carbocycles. The fourth-order valence-corrected chi connectivity index (χ4v) is 5.05. The molecule has 4 rings (SSSR count). The van der Waals surface area contributed by atoms with Crippen molar-refractivity contribution >= 4 is 29.3 Å². The van der Waals surface area contributed by atoms with Gasteiger partial charge in [0.05, 0.1) is 23.6 Å². The van der Waals surface area contributed by atoms with Gasteiger partial charge in [-0.2, -0.15) is 0 Å². The molecule has 1 aliphatic heterocycles. The highest BCUT2D eigenvalue weighted by Crippen LogP contribution is 2.45. The maximum atomic E-state index is 13.4. The van der Waals surface area contributed by atoms with Crippen LogP contribution in [0.3, 0.4) is 0 Å². The number of carboxylic acid groups (broad SMARTS) is 1. The molecule has 0 spiro atoms. The third-order valence-corrected chi connectivity index (χ3v) is 6.57. The van der Waals surface area contributed by atoms with Crippen LogP contribution in [0.4, 0.5) is 10.1 Å². The number of anilines is 1. The summed E-state index contributed by atoms with van der Waals surface area (Å²) < 4.78 is 18.5. The number of carboxylic acids is 1. The molecule has 1 aliphatic rings. The lowest BCUT2D eigenvalue weighted by molar-refractivity contribution is -0.115. The number of hydrogen-bond acceptors (Lipinski definition) is 5. The number of aromatic carboxylic acids is 1. The Hall–Kier alpha value is -3.23. The molecule has 164 valence electrons. The highest BCUT2D eigenvalue weighted by molar-refractivity contribution is 8.00. The molecule has 6 nitrogen and oxygen atoms in total. The van der Waals surface area contributed by atoms with Crippen molar-refractivity contribution in [3.63, 3.8) is 0 Å². The standard InChI is InChI=1S/C24H21FN2O4S/c1-14-20(27-21(28)13-32-23(27)15-3-6-17(25)7-4-15)10-9-19(24(29)30)22(14)16-5-8-18(12-31-2)26-11-16/h3-11,23H,12-13H2,1-2H3,(H,29,30). The fourth-order valence-electron chi connectivity index (χ4n) is 3.88. The van der Waals surface area contributed by atoms with Crippen molar-refractivity contribution in [2.45, 2.75) is 18.9 Å². The normalized spacial score (nSPS) is 15.9. The topological polar surface area (TPSA) is 79.7 Å². The van der Waals surface area contributed by atoms with Crippen molar-refractivity contribution in [3.05, 3.63) is 82.9 Å². The van der Waals surface area contributed by atoms with E-state index in [-0.39, 0.29) is 28.4 Å². The number of hydrogen-bond donors (Lipinski definition) is 1. The van der Waals surface area contributed by atoms with E-state index in [9.17, 15) is 19.1 Å². The van der Waals surface area contributed by atoms with Crippen LogP contribution in [0.1, 0.15) is 32.6 Å². The molecule has 1 fully saturated rings. The minimum atomic E-state index is -1.06. The van der Waals surface area contributed by atoms with Crippen LogP contribution in [0.15, 0.2) is 54.7 Å². The van der Waals surface area contributed by atoms with Crippen molar-refractivity contribution in [2.24, 2.45) is 0 Å². The summed E-state index contributed by atoms with van der Waals surface area (Å²) in [6, 6.07) is 12.8. The van der Waals surface area contributed by atoms with Crippen LogP contribution in [-0.4, -0.2) is 34.8 Å². The molecule has 2 heterocycles. The van der Waals surface area contributed by atoms with Crippen molar-refractivity contribution < 1.29 is 23.8 Å². The predicted molar refractivity (Wildman–Crippen MR) is 121 cm³/mol. The zero-order valence-corrected chi connectivity index (χ0v) is 18.4. The molecule has 8 heteroatoms. The number of amides is 1. The Balaban J connectivity index is 1.82. The van der Waals surface area contributed by atoms with Crippen LogP contribution in [0.5, 0.6) is 0 Å². The molecule has 32 heavy (non-hydrogen) atoms. The van der Waals surface area contributed by atoms with Crippen LogP contribution >= 0.6 is 11.8 Å². The van der Waals surface area contributed by atoms with Gasteiger partial charge in [0.2, 0.25) is 5.91 Å². The number of pyridine rings is 1. The van der Waals surface area contributed by atoms with Crippen LogP contribution < -0.4 is 4.90 Å². The van der Waals surface area contributed by atoms with Crippen LogP contribution in [0.25, 0.3) is 11.1 Å². The number of aromatic nitrogens is 1. The zero-order valence-electron chi connectivity index (χ0n) is 17.5. The number of carbonyl (C=O) groups is 2. The first kappa shape index (κ1) is 22.0. The monoisotopic (exact) mass is 452 g/mol. The van der Waals surface area contributed by atoms with E-state index in [1.807, 2.05) is 0 Å². The van der Waals surface area contributed by atoms with Crippen LogP contribution in [0, 0.1) is 12.7 Å². The molecule has 0 bridgehead atoms. The Bertz CT molecular complexity index is 1170. The predicted octanol–water partition coefficient (Wildman–Crippen LogP) is 4.82. The molecule has 1 aromatic heterocycles. The molecular weight excluding hydrogens is 431 g/mol. The second kappa shape index (κ2) is 9.10. The molecule has 1 atom stereocenters. The number of benzene rings is 2. The van der Waals surface area contributed by atoms with E-state index in [4.69, 9.17) is 4.74 Å². The first-order valence-electron chi connectivity index (χ1n) is 9.91. The summed E-state index contributed by atoms with van der Waals surface area (Å²) in [5, 5.41) is 9.47. The lowest BCUT2D eigenvalue weighted by atomic mass is 9.94.